The molecule has 12 rings (SSSR count). The van der Waals surface area contributed by atoms with Gasteiger partial charge in [0.2, 0.25) is 0 Å². The SMILES string of the molecule is CC[C@]1(O)CC[C@@]2(C)C(=CC[C@H]3[C@@H]4CC[C@H]([C@H](C)C(O)C(C)C)[C@@]4(C)CC[C@@H]32)C1.CC[C@]1(O)CC[C@@]2(C)C(=CC[C@H]3[C@@H]4CC[C@H]([C@H](C)[C@@H](O)C(C)C)[C@@]4(C)CC[C@@H]32)C1.CC[C@]1(O)CC[C@@]2(C)C(=CC[C@H]3[C@@H]4CC[C@H]([C@H](C)[C@H](O)C(C)C)[C@@]4(C)CC[C@@H]32)C1.CSF. The molecule has 0 aromatic rings. The van der Waals surface area contributed by atoms with E-state index in [1.54, 1.807) is 16.7 Å². The largest absolute Gasteiger partial charge is 0.393 e. The molecule has 27 atom stereocenters. The van der Waals surface area contributed by atoms with Crippen LogP contribution in [0.25, 0.3) is 0 Å². The number of aliphatic hydroxyl groups is 6. The summed E-state index contributed by atoms with van der Waals surface area (Å²) >= 11 is 0.250. The second kappa shape index (κ2) is 27.5. The summed E-state index contributed by atoms with van der Waals surface area (Å²) in [5, 5.41) is 65.3. The first-order chi connectivity index (χ1) is 42.1. The topological polar surface area (TPSA) is 121 Å². The molecule has 0 amide bonds. The Morgan fingerprint density at radius 1 is 0.389 bits per heavy atom. The lowest BCUT2D eigenvalue weighted by Gasteiger charge is -2.59. The van der Waals surface area contributed by atoms with Crippen LogP contribution in [-0.4, -0.2) is 72.0 Å². The maximum atomic E-state index is 10.9. The van der Waals surface area contributed by atoms with Gasteiger partial charge in [-0.2, -0.15) is 3.89 Å². The van der Waals surface area contributed by atoms with Crippen molar-refractivity contribution in [3.05, 3.63) is 34.9 Å². The van der Waals surface area contributed by atoms with Crippen molar-refractivity contribution in [3.8, 4) is 0 Å². The van der Waals surface area contributed by atoms with Crippen LogP contribution in [0.5, 0.6) is 0 Å². The summed E-state index contributed by atoms with van der Waals surface area (Å²) in [4.78, 5) is 0. The third kappa shape index (κ3) is 12.9. The third-order valence-corrected chi connectivity index (χ3v) is 32.5. The highest BCUT2D eigenvalue weighted by atomic mass is 32.2. The molecular formula is C82H141FO6S. The molecule has 12 aliphatic carbocycles. The van der Waals surface area contributed by atoms with Crippen LogP contribution in [0, 0.1) is 139 Å². The zero-order valence-electron chi connectivity index (χ0n) is 61.4. The van der Waals surface area contributed by atoms with E-state index in [2.05, 4.69) is 143 Å². The molecule has 0 spiro atoms. The van der Waals surface area contributed by atoms with Crippen LogP contribution in [0.3, 0.4) is 0 Å². The Hall–Kier alpha value is -0.740. The van der Waals surface area contributed by atoms with Crippen molar-refractivity contribution in [2.24, 2.45) is 139 Å². The van der Waals surface area contributed by atoms with Crippen LogP contribution >= 0.6 is 12.1 Å². The molecule has 8 heteroatoms. The van der Waals surface area contributed by atoms with E-state index < -0.39 is 16.8 Å². The van der Waals surface area contributed by atoms with Crippen LogP contribution < -0.4 is 0 Å². The van der Waals surface area contributed by atoms with Crippen molar-refractivity contribution in [3.63, 3.8) is 0 Å². The van der Waals surface area contributed by atoms with Gasteiger partial charge >= 0.3 is 0 Å². The molecule has 0 aromatic carbocycles. The fourth-order valence-electron chi connectivity index (χ4n) is 26.3. The van der Waals surface area contributed by atoms with Gasteiger partial charge in [-0.25, -0.2) is 0 Å². The lowest BCUT2D eigenvalue weighted by Crippen LogP contribution is -2.52. The van der Waals surface area contributed by atoms with Crippen molar-refractivity contribution in [1.29, 1.82) is 0 Å². The summed E-state index contributed by atoms with van der Waals surface area (Å²) in [5.74, 6) is 11.5. The van der Waals surface area contributed by atoms with Crippen molar-refractivity contribution in [2.45, 2.75) is 333 Å². The maximum absolute atomic E-state index is 10.9. The molecule has 518 valence electrons. The fourth-order valence-corrected chi connectivity index (χ4v) is 26.3. The van der Waals surface area contributed by atoms with Crippen LogP contribution in [0.15, 0.2) is 34.9 Å². The molecule has 0 aromatic heterocycles. The van der Waals surface area contributed by atoms with Gasteiger partial charge in [0.05, 0.1) is 35.1 Å². The summed E-state index contributed by atoms with van der Waals surface area (Å²) in [6.07, 6.45) is 40.0. The second-order valence-electron chi connectivity index (χ2n) is 37.2. The second-order valence-corrected chi connectivity index (χ2v) is 37.5. The van der Waals surface area contributed by atoms with Gasteiger partial charge in [-0.05, 0) is 312 Å². The highest BCUT2D eigenvalue weighted by molar-refractivity contribution is 7.93. The standard InChI is InChI=1S/3C27H46O2.CH3FS/c3*1-7-27(29)15-14-25(5)19(16-27)8-9-20-22-11-10-21(18(4)24(28)17(2)3)26(22,6)13-12-23(20)25;1-3-2/h3*8,17-18,20-24,28-29H,7,9-16H2,1-6H3;1H3/t18-,20-,21+,22-,23-,24?,25-,26+,27-;18-,20-,21+,22-,23-,24+,25-,26+,27-;18-,20-,21+,22-,23-,24-,25-,26+,27-;/m000./s1. The quantitative estimate of drug-likeness (QED) is 0.108. The van der Waals surface area contributed by atoms with Crippen LogP contribution in [0.2, 0.25) is 0 Å². The minimum Gasteiger partial charge on any atom is -0.393 e. The number of allylic oxidation sites excluding steroid dienone is 3. The maximum Gasteiger partial charge on any atom is 0.0682 e. The molecule has 12 aliphatic rings. The van der Waals surface area contributed by atoms with Gasteiger partial charge in [-0.3, -0.25) is 0 Å². The molecule has 1 unspecified atom stereocenters. The molecule has 0 heterocycles. The molecule has 6 nitrogen and oxygen atoms in total. The molecular weight excluding hydrogens is 1130 g/mol. The molecule has 9 fully saturated rings. The first kappa shape index (κ1) is 73.5. The van der Waals surface area contributed by atoms with Crippen LogP contribution in [0.1, 0.15) is 298 Å². The summed E-state index contributed by atoms with van der Waals surface area (Å²) in [6.45, 7) is 41.7. The molecule has 0 saturated heterocycles. The number of halogens is 1. The Balaban J connectivity index is 0.000000156. The van der Waals surface area contributed by atoms with Crippen molar-refractivity contribution in [1.82, 2.24) is 0 Å². The Morgan fingerprint density at radius 3 is 0.833 bits per heavy atom. The molecule has 0 aliphatic heterocycles. The normalized spacial score (nSPS) is 47.6. The van der Waals surface area contributed by atoms with Gasteiger partial charge in [0.15, 0.2) is 0 Å². The minimum absolute atomic E-state index is 0.172. The number of aliphatic hydroxyl groups excluding tert-OH is 3. The van der Waals surface area contributed by atoms with Gasteiger partial charge in [-0.1, -0.05) is 160 Å². The van der Waals surface area contributed by atoms with Gasteiger partial charge in [0, 0.05) is 18.4 Å². The summed E-state index contributed by atoms with van der Waals surface area (Å²) in [6, 6.07) is 0. The van der Waals surface area contributed by atoms with Gasteiger partial charge in [-0.15, -0.1) is 0 Å². The highest BCUT2D eigenvalue weighted by Crippen LogP contribution is 2.72. The minimum atomic E-state index is -0.456. The zero-order chi connectivity index (χ0) is 66.3. The highest BCUT2D eigenvalue weighted by Gasteiger charge is 2.64. The number of rotatable bonds is 12. The third-order valence-electron chi connectivity index (χ3n) is 32.5. The van der Waals surface area contributed by atoms with Gasteiger partial charge in [0.25, 0.3) is 0 Å². The van der Waals surface area contributed by atoms with E-state index in [4.69, 9.17) is 0 Å². The van der Waals surface area contributed by atoms with Crippen LogP contribution in [0.4, 0.5) is 3.89 Å². The predicted octanol–water partition coefficient (Wildman–Crippen LogP) is 20.3. The van der Waals surface area contributed by atoms with Crippen molar-refractivity contribution >= 4 is 12.1 Å². The predicted molar refractivity (Wildman–Crippen MR) is 376 cm³/mol. The fraction of sp³-hybridized carbons (Fsp3) is 0.927. The first-order valence-electron chi connectivity index (χ1n) is 38.5. The number of fused-ring (bicyclic) bond motifs is 15. The molecule has 0 bridgehead atoms. The average molecular weight is 1270 g/mol. The van der Waals surface area contributed by atoms with E-state index >= 15 is 0 Å². The van der Waals surface area contributed by atoms with E-state index in [1.807, 2.05) is 0 Å². The van der Waals surface area contributed by atoms with Crippen LogP contribution in [-0.2, 0) is 0 Å². The smallest absolute Gasteiger partial charge is 0.0682 e. The first-order valence-corrected chi connectivity index (χ1v) is 39.7. The Labute approximate surface area is 557 Å². The number of hydrogen-bond acceptors (Lipinski definition) is 7. The van der Waals surface area contributed by atoms with Crippen molar-refractivity contribution in [2.75, 3.05) is 6.26 Å². The number of hydrogen-bond donors (Lipinski definition) is 6. The monoisotopic (exact) mass is 1270 g/mol. The Morgan fingerprint density at radius 2 is 0.622 bits per heavy atom. The summed E-state index contributed by atoms with van der Waals surface area (Å²) < 4.78 is 10.2. The molecule has 6 N–H and O–H groups in total. The zero-order valence-corrected chi connectivity index (χ0v) is 62.2. The van der Waals surface area contributed by atoms with Gasteiger partial charge in [0.1, 0.15) is 0 Å². The van der Waals surface area contributed by atoms with E-state index in [0.717, 1.165) is 111 Å². The van der Waals surface area contributed by atoms with E-state index in [0.29, 0.717) is 85.8 Å². The van der Waals surface area contributed by atoms with E-state index in [-0.39, 0.29) is 30.5 Å². The average Bonchev–Trinajstić information content (AvgIpc) is 1.38. The van der Waals surface area contributed by atoms with E-state index in [1.165, 1.54) is 122 Å². The van der Waals surface area contributed by atoms with Gasteiger partial charge < -0.3 is 30.6 Å². The molecule has 90 heavy (non-hydrogen) atoms. The molecule has 9 saturated carbocycles. The Kier molecular flexibility index (Phi) is 22.5. The van der Waals surface area contributed by atoms with E-state index in [9.17, 15) is 34.5 Å². The summed E-state index contributed by atoms with van der Waals surface area (Å²) in [5.41, 5.74) is 5.51. The Bertz CT molecular complexity index is 2260. The lowest BCUT2D eigenvalue weighted by atomic mass is 9.46. The lowest BCUT2D eigenvalue weighted by molar-refractivity contribution is -0.0838. The molecule has 0 radical (unpaired) electrons. The summed E-state index contributed by atoms with van der Waals surface area (Å²) in [7, 11) is 0. The van der Waals surface area contributed by atoms with Crippen molar-refractivity contribution < 1.29 is 34.5 Å².